The molecule has 23 heavy (non-hydrogen) atoms. The third-order valence-corrected chi connectivity index (χ3v) is 3.93. The van der Waals surface area contributed by atoms with E-state index >= 15 is 0 Å². The SMILES string of the molecule is CC(C)CC(C)N(C)C(=O)c1ccc(-c2ccncc2)[nH]c1=O. The lowest BCUT2D eigenvalue weighted by Crippen LogP contribution is -2.38. The topological polar surface area (TPSA) is 66.1 Å². The van der Waals surface area contributed by atoms with Crippen LogP contribution in [0.5, 0.6) is 0 Å². The lowest BCUT2D eigenvalue weighted by atomic mass is 10.0. The summed E-state index contributed by atoms with van der Waals surface area (Å²) in [5.41, 5.74) is 1.33. The smallest absolute Gasteiger partial charge is 0.261 e. The van der Waals surface area contributed by atoms with Crippen LogP contribution in [-0.4, -0.2) is 33.9 Å². The Hall–Kier alpha value is -2.43. The van der Waals surface area contributed by atoms with Crippen molar-refractivity contribution in [3.63, 3.8) is 0 Å². The van der Waals surface area contributed by atoms with Crippen LogP contribution < -0.4 is 5.56 Å². The van der Waals surface area contributed by atoms with Gasteiger partial charge in [0.05, 0.1) is 0 Å². The number of pyridine rings is 2. The van der Waals surface area contributed by atoms with E-state index in [1.54, 1.807) is 36.5 Å². The number of carbonyl (C=O) groups is 1. The predicted octanol–water partition coefficient (Wildman–Crippen LogP) is 2.94. The van der Waals surface area contributed by atoms with E-state index in [2.05, 4.69) is 23.8 Å². The second-order valence-electron chi connectivity index (χ2n) is 6.25. The first-order valence-electron chi connectivity index (χ1n) is 7.81. The highest BCUT2D eigenvalue weighted by Crippen LogP contribution is 2.15. The number of amides is 1. The molecular weight excluding hydrogens is 290 g/mol. The summed E-state index contributed by atoms with van der Waals surface area (Å²) in [5, 5.41) is 0. The van der Waals surface area contributed by atoms with E-state index in [0.717, 1.165) is 12.0 Å². The highest BCUT2D eigenvalue weighted by molar-refractivity contribution is 5.94. The fourth-order valence-electron chi connectivity index (χ4n) is 2.57. The average molecular weight is 313 g/mol. The molecule has 2 heterocycles. The van der Waals surface area contributed by atoms with Crippen LogP contribution in [0.15, 0.2) is 41.5 Å². The molecule has 1 amide bonds. The van der Waals surface area contributed by atoms with Gasteiger partial charge < -0.3 is 9.88 Å². The summed E-state index contributed by atoms with van der Waals surface area (Å²) in [6, 6.07) is 7.05. The molecule has 5 nitrogen and oxygen atoms in total. The zero-order chi connectivity index (χ0) is 17.0. The van der Waals surface area contributed by atoms with Crippen molar-refractivity contribution >= 4 is 5.91 Å². The summed E-state index contributed by atoms with van der Waals surface area (Å²) in [4.78, 5) is 33.2. The third-order valence-electron chi connectivity index (χ3n) is 3.93. The van der Waals surface area contributed by atoms with Gasteiger partial charge in [-0.15, -0.1) is 0 Å². The molecule has 0 aliphatic carbocycles. The van der Waals surface area contributed by atoms with E-state index in [1.807, 2.05) is 19.1 Å². The Bertz CT molecular complexity index is 723. The molecule has 1 N–H and O–H groups in total. The summed E-state index contributed by atoms with van der Waals surface area (Å²) >= 11 is 0. The van der Waals surface area contributed by atoms with Crippen LogP contribution in [0.4, 0.5) is 0 Å². The Morgan fingerprint density at radius 2 is 1.83 bits per heavy atom. The van der Waals surface area contributed by atoms with Gasteiger partial charge in [-0.3, -0.25) is 14.6 Å². The van der Waals surface area contributed by atoms with Gasteiger partial charge in [0.25, 0.3) is 11.5 Å². The van der Waals surface area contributed by atoms with Crippen molar-refractivity contribution in [3.05, 3.63) is 52.6 Å². The molecule has 0 aromatic carbocycles. The van der Waals surface area contributed by atoms with Crippen molar-refractivity contribution in [2.24, 2.45) is 5.92 Å². The van der Waals surface area contributed by atoms with Gasteiger partial charge in [-0.1, -0.05) is 13.8 Å². The highest BCUT2D eigenvalue weighted by Gasteiger charge is 2.20. The molecule has 2 rings (SSSR count). The lowest BCUT2D eigenvalue weighted by Gasteiger charge is -2.26. The Morgan fingerprint density at radius 3 is 2.39 bits per heavy atom. The fourth-order valence-corrected chi connectivity index (χ4v) is 2.57. The van der Waals surface area contributed by atoms with Crippen LogP contribution in [0.25, 0.3) is 11.3 Å². The van der Waals surface area contributed by atoms with E-state index in [4.69, 9.17) is 0 Å². The van der Waals surface area contributed by atoms with E-state index in [0.29, 0.717) is 11.6 Å². The standard InChI is InChI=1S/C18H23N3O2/c1-12(2)11-13(3)21(4)18(23)15-5-6-16(20-17(15)22)14-7-9-19-10-8-14/h5-10,12-13H,11H2,1-4H3,(H,20,22). The van der Waals surface area contributed by atoms with Gasteiger partial charge in [-0.25, -0.2) is 0 Å². The summed E-state index contributed by atoms with van der Waals surface area (Å²) in [7, 11) is 1.74. The van der Waals surface area contributed by atoms with E-state index in [1.165, 1.54) is 0 Å². The van der Waals surface area contributed by atoms with Crippen molar-refractivity contribution in [3.8, 4) is 11.3 Å². The number of nitrogens with zero attached hydrogens (tertiary/aromatic N) is 2. The molecule has 0 fully saturated rings. The largest absolute Gasteiger partial charge is 0.339 e. The minimum Gasteiger partial charge on any atom is -0.339 e. The molecule has 0 aliphatic heterocycles. The Labute approximate surface area is 136 Å². The normalized spacial score (nSPS) is 12.2. The number of rotatable bonds is 5. The Balaban J connectivity index is 2.24. The van der Waals surface area contributed by atoms with Crippen molar-refractivity contribution in [1.82, 2.24) is 14.9 Å². The molecule has 0 spiro atoms. The van der Waals surface area contributed by atoms with Gasteiger partial charge in [0.15, 0.2) is 0 Å². The zero-order valence-electron chi connectivity index (χ0n) is 14.0. The summed E-state index contributed by atoms with van der Waals surface area (Å²) < 4.78 is 0. The van der Waals surface area contributed by atoms with E-state index in [9.17, 15) is 9.59 Å². The maximum atomic E-state index is 12.5. The van der Waals surface area contributed by atoms with Gasteiger partial charge in [0.1, 0.15) is 5.56 Å². The zero-order valence-corrected chi connectivity index (χ0v) is 14.0. The van der Waals surface area contributed by atoms with Crippen LogP contribution in [0, 0.1) is 5.92 Å². The molecule has 0 saturated carbocycles. The third kappa shape index (κ3) is 4.06. The number of hydrogen-bond acceptors (Lipinski definition) is 3. The van der Waals surface area contributed by atoms with Gasteiger partial charge in [0.2, 0.25) is 0 Å². The Morgan fingerprint density at radius 1 is 1.17 bits per heavy atom. The van der Waals surface area contributed by atoms with Crippen molar-refractivity contribution in [2.45, 2.75) is 33.2 Å². The Kier molecular flexibility index (Phi) is 5.32. The lowest BCUT2D eigenvalue weighted by molar-refractivity contribution is 0.0726. The van der Waals surface area contributed by atoms with Crippen molar-refractivity contribution < 1.29 is 4.79 Å². The van der Waals surface area contributed by atoms with Gasteiger partial charge in [-0.2, -0.15) is 0 Å². The first-order valence-corrected chi connectivity index (χ1v) is 7.81. The van der Waals surface area contributed by atoms with E-state index in [-0.39, 0.29) is 23.1 Å². The maximum Gasteiger partial charge on any atom is 0.261 e. The molecule has 1 unspecified atom stereocenters. The van der Waals surface area contributed by atoms with Crippen LogP contribution in [0.3, 0.4) is 0 Å². The van der Waals surface area contributed by atoms with Crippen molar-refractivity contribution in [2.75, 3.05) is 7.05 Å². The molecule has 0 bridgehead atoms. The molecule has 0 aliphatic rings. The van der Waals surface area contributed by atoms with Crippen LogP contribution >= 0.6 is 0 Å². The number of H-pyrrole nitrogens is 1. The summed E-state index contributed by atoms with van der Waals surface area (Å²) in [5.74, 6) is 0.244. The number of carbonyl (C=O) groups excluding carboxylic acids is 1. The quantitative estimate of drug-likeness (QED) is 0.923. The molecule has 0 saturated heterocycles. The van der Waals surface area contributed by atoms with Crippen LogP contribution in [0.1, 0.15) is 37.6 Å². The highest BCUT2D eigenvalue weighted by atomic mass is 16.2. The van der Waals surface area contributed by atoms with Gasteiger partial charge in [-0.05, 0) is 43.5 Å². The molecule has 1 atom stereocenters. The number of hydrogen-bond donors (Lipinski definition) is 1. The first-order chi connectivity index (χ1) is 10.9. The molecule has 2 aromatic rings. The number of aromatic nitrogens is 2. The maximum absolute atomic E-state index is 12.5. The van der Waals surface area contributed by atoms with Crippen LogP contribution in [0.2, 0.25) is 0 Å². The fraction of sp³-hybridized carbons (Fsp3) is 0.389. The average Bonchev–Trinajstić information content (AvgIpc) is 2.53. The summed E-state index contributed by atoms with van der Waals surface area (Å²) in [6.45, 7) is 6.23. The molecular formula is C18H23N3O2. The minimum atomic E-state index is -0.368. The van der Waals surface area contributed by atoms with Gasteiger partial charge in [0, 0.05) is 36.7 Å². The predicted molar refractivity (Wildman–Crippen MR) is 91.3 cm³/mol. The molecule has 122 valence electrons. The second kappa shape index (κ2) is 7.22. The number of nitrogens with one attached hydrogen (secondary N) is 1. The van der Waals surface area contributed by atoms with Crippen LogP contribution in [-0.2, 0) is 0 Å². The molecule has 5 heteroatoms. The summed E-state index contributed by atoms with van der Waals surface area (Å²) in [6.07, 6.45) is 4.22. The first kappa shape index (κ1) is 16.9. The molecule has 0 radical (unpaired) electrons. The molecule has 2 aromatic heterocycles. The van der Waals surface area contributed by atoms with Crippen molar-refractivity contribution in [1.29, 1.82) is 0 Å². The van der Waals surface area contributed by atoms with E-state index < -0.39 is 0 Å². The minimum absolute atomic E-state index is 0.0850. The second-order valence-corrected chi connectivity index (χ2v) is 6.25. The van der Waals surface area contributed by atoms with Gasteiger partial charge >= 0.3 is 0 Å². The number of aromatic amines is 1. The monoisotopic (exact) mass is 313 g/mol.